The molecule has 0 spiro atoms. The number of amides is 3. The van der Waals surface area contributed by atoms with Crippen molar-refractivity contribution in [3.8, 4) is 10.4 Å². The predicted molar refractivity (Wildman–Crippen MR) is 148 cm³/mol. The molecule has 5 rings (SSSR count). The van der Waals surface area contributed by atoms with Crippen molar-refractivity contribution < 1.29 is 19.5 Å². The van der Waals surface area contributed by atoms with Gasteiger partial charge in [0.15, 0.2) is 0 Å². The second-order valence-corrected chi connectivity index (χ2v) is 11.6. The first-order valence-corrected chi connectivity index (χ1v) is 13.9. The standard InChI is InChI=1S/C29H33N5O4S/c1-17(2)24(33-14-21-6-4-5-7-22(21)27(33)36)28(37)34-15-29(30,38)12-23(34)26(35)31-13-19-8-10-20(11-9-19)25-18(3)32-16-39-25/h4-11,16-17,23-24,38H,12-15,30H2,1-3H3,(H,31,35)/t23-,24-,29-/m0/s1. The molecule has 3 amide bonds. The lowest BCUT2D eigenvalue weighted by Crippen LogP contribution is -2.55. The molecule has 2 aliphatic heterocycles. The zero-order valence-corrected chi connectivity index (χ0v) is 23.1. The number of aliphatic hydroxyl groups is 1. The highest BCUT2D eigenvalue weighted by atomic mass is 32.1. The van der Waals surface area contributed by atoms with Gasteiger partial charge in [-0.15, -0.1) is 11.3 Å². The number of nitrogens with two attached hydrogens (primary N) is 1. The van der Waals surface area contributed by atoms with Gasteiger partial charge in [0.25, 0.3) is 5.91 Å². The summed E-state index contributed by atoms with van der Waals surface area (Å²) < 4.78 is 0. The number of carbonyl (C=O) groups excluding carboxylic acids is 3. The fraction of sp³-hybridized carbons (Fsp3) is 0.379. The first-order valence-electron chi connectivity index (χ1n) is 13.0. The Morgan fingerprint density at radius 2 is 1.92 bits per heavy atom. The van der Waals surface area contributed by atoms with Gasteiger partial charge in [-0.3, -0.25) is 14.4 Å². The monoisotopic (exact) mass is 547 g/mol. The number of nitrogens with zero attached hydrogens (tertiary/aromatic N) is 3. The van der Waals surface area contributed by atoms with E-state index < -0.39 is 29.6 Å². The Labute approximate surface area is 231 Å². The third-order valence-corrected chi connectivity index (χ3v) is 8.43. The normalized spacial score (nSPS) is 21.4. The van der Waals surface area contributed by atoms with E-state index in [-0.39, 0.29) is 31.3 Å². The summed E-state index contributed by atoms with van der Waals surface area (Å²) in [5, 5.41) is 13.6. The number of fused-ring (bicyclic) bond motifs is 1. The Bertz CT molecular complexity index is 1400. The molecule has 9 nitrogen and oxygen atoms in total. The van der Waals surface area contributed by atoms with Gasteiger partial charge in [0, 0.05) is 25.1 Å². The third-order valence-electron chi connectivity index (χ3n) is 7.45. The summed E-state index contributed by atoms with van der Waals surface area (Å²) in [6, 6.07) is 13.4. The Morgan fingerprint density at radius 3 is 2.56 bits per heavy atom. The van der Waals surface area contributed by atoms with Gasteiger partial charge in [-0.05, 0) is 35.6 Å². The molecule has 3 aromatic rings. The highest BCUT2D eigenvalue weighted by molar-refractivity contribution is 7.13. The second kappa shape index (κ2) is 10.5. The number of thiazole rings is 1. The smallest absolute Gasteiger partial charge is 0.255 e. The number of nitrogens with one attached hydrogen (secondary N) is 1. The molecular weight excluding hydrogens is 514 g/mol. The molecule has 0 saturated carbocycles. The summed E-state index contributed by atoms with van der Waals surface area (Å²) in [5.41, 5.74) is 10.5. The van der Waals surface area contributed by atoms with Crippen molar-refractivity contribution in [1.29, 1.82) is 0 Å². The van der Waals surface area contributed by atoms with Gasteiger partial charge in [0.2, 0.25) is 11.8 Å². The van der Waals surface area contributed by atoms with Crippen LogP contribution in [0.2, 0.25) is 0 Å². The highest BCUT2D eigenvalue weighted by Crippen LogP contribution is 2.32. The molecule has 0 radical (unpaired) electrons. The number of carbonyl (C=O) groups is 3. The minimum atomic E-state index is -1.70. The van der Waals surface area contributed by atoms with E-state index >= 15 is 0 Å². The fourth-order valence-electron chi connectivity index (χ4n) is 5.49. The minimum absolute atomic E-state index is 0.0901. The van der Waals surface area contributed by atoms with E-state index in [4.69, 9.17) is 5.73 Å². The van der Waals surface area contributed by atoms with Gasteiger partial charge >= 0.3 is 0 Å². The van der Waals surface area contributed by atoms with Crippen LogP contribution in [0.1, 0.15) is 47.4 Å². The molecule has 2 aliphatic rings. The molecule has 4 N–H and O–H groups in total. The maximum Gasteiger partial charge on any atom is 0.255 e. The highest BCUT2D eigenvalue weighted by Gasteiger charge is 2.49. The number of benzene rings is 2. The van der Waals surface area contributed by atoms with Gasteiger partial charge in [-0.25, -0.2) is 4.98 Å². The van der Waals surface area contributed by atoms with Crippen LogP contribution in [-0.4, -0.2) is 62.0 Å². The van der Waals surface area contributed by atoms with E-state index in [0.29, 0.717) is 12.1 Å². The third kappa shape index (κ3) is 5.32. The molecule has 0 bridgehead atoms. The molecular formula is C29H33N5O4S. The molecule has 3 atom stereocenters. The largest absolute Gasteiger partial charge is 0.374 e. The summed E-state index contributed by atoms with van der Waals surface area (Å²) in [6.45, 7) is 6.10. The van der Waals surface area contributed by atoms with Crippen LogP contribution in [0.4, 0.5) is 0 Å². The number of hydrogen-bond donors (Lipinski definition) is 3. The molecule has 1 fully saturated rings. The Kier molecular flexibility index (Phi) is 7.28. The number of rotatable bonds is 7. The van der Waals surface area contributed by atoms with Crippen molar-refractivity contribution >= 4 is 29.1 Å². The lowest BCUT2D eigenvalue weighted by Gasteiger charge is -2.35. The van der Waals surface area contributed by atoms with Crippen LogP contribution in [0.25, 0.3) is 10.4 Å². The van der Waals surface area contributed by atoms with E-state index in [1.807, 2.05) is 62.7 Å². The summed E-state index contributed by atoms with van der Waals surface area (Å²) in [7, 11) is 0. The lowest BCUT2D eigenvalue weighted by atomic mass is 10.0. The van der Waals surface area contributed by atoms with E-state index in [1.165, 1.54) is 4.90 Å². The molecule has 39 heavy (non-hydrogen) atoms. The van der Waals surface area contributed by atoms with Crippen LogP contribution in [0, 0.1) is 12.8 Å². The lowest BCUT2D eigenvalue weighted by molar-refractivity contribution is -0.143. The Hall–Kier alpha value is -3.60. The van der Waals surface area contributed by atoms with E-state index in [1.54, 1.807) is 28.4 Å². The molecule has 2 aromatic carbocycles. The molecule has 10 heteroatoms. The van der Waals surface area contributed by atoms with Gasteiger partial charge < -0.3 is 26.0 Å². The van der Waals surface area contributed by atoms with Gasteiger partial charge in [-0.1, -0.05) is 56.3 Å². The number of β-amino-alcohol motifs (C(OH)–C–C–N with tert-alkyl or cyclic N) is 1. The number of hydrogen-bond acceptors (Lipinski definition) is 7. The van der Waals surface area contributed by atoms with Crippen LogP contribution in [0.15, 0.2) is 54.0 Å². The second-order valence-electron chi connectivity index (χ2n) is 10.8. The Balaban J connectivity index is 1.30. The maximum atomic E-state index is 13.9. The number of aromatic nitrogens is 1. The topological polar surface area (TPSA) is 129 Å². The summed E-state index contributed by atoms with van der Waals surface area (Å²) in [6.07, 6.45) is -0.0901. The molecule has 0 unspecified atom stereocenters. The quantitative estimate of drug-likeness (QED) is 0.390. The van der Waals surface area contributed by atoms with Gasteiger partial charge in [0.1, 0.15) is 17.8 Å². The number of aryl methyl sites for hydroxylation is 1. The van der Waals surface area contributed by atoms with Crippen molar-refractivity contribution in [2.75, 3.05) is 6.54 Å². The fourth-order valence-corrected chi connectivity index (χ4v) is 6.30. The first-order chi connectivity index (χ1) is 18.6. The summed E-state index contributed by atoms with van der Waals surface area (Å²) in [4.78, 5) is 48.7. The van der Waals surface area contributed by atoms with Crippen LogP contribution in [0.5, 0.6) is 0 Å². The van der Waals surface area contributed by atoms with Crippen molar-refractivity contribution in [2.24, 2.45) is 11.7 Å². The van der Waals surface area contributed by atoms with E-state index in [0.717, 1.165) is 27.3 Å². The van der Waals surface area contributed by atoms with Crippen LogP contribution in [-0.2, 0) is 22.7 Å². The van der Waals surface area contributed by atoms with E-state index in [9.17, 15) is 19.5 Å². The van der Waals surface area contributed by atoms with Crippen molar-refractivity contribution in [1.82, 2.24) is 20.1 Å². The zero-order chi connectivity index (χ0) is 27.9. The zero-order valence-electron chi connectivity index (χ0n) is 22.3. The molecule has 204 valence electrons. The van der Waals surface area contributed by atoms with Gasteiger partial charge in [-0.2, -0.15) is 0 Å². The summed E-state index contributed by atoms with van der Waals surface area (Å²) in [5.74, 6) is -1.22. The summed E-state index contributed by atoms with van der Waals surface area (Å²) >= 11 is 1.58. The molecule has 3 heterocycles. The van der Waals surface area contributed by atoms with Crippen molar-refractivity contribution in [3.05, 3.63) is 76.4 Å². The number of likely N-dealkylation sites (tertiary alicyclic amines) is 1. The van der Waals surface area contributed by atoms with Crippen LogP contribution >= 0.6 is 11.3 Å². The van der Waals surface area contributed by atoms with Crippen molar-refractivity contribution in [2.45, 2.75) is 58.1 Å². The van der Waals surface area contributed by atoms with Crippen molar-refractivity contribution in [3.63, 3.8) is 0 Å². The predicted octanol–water partition coefficient (Wildman–Crippen LogP) is 2.66. The SMILES string of the molecule is Cc1ncsc1-c1ccc(CNC(=O)[C@@H]2C[C@](N)(O)CN2C(=O)[C@H](C(C)C)N2Cc3ccccc3C2=O)cc1. The van der Waals surface area contributed by atoms with E-state index in [2.05, 4.69) is 10.3 Å². The van der Waals surface area contributed by atoms with Gasteiger partial charge in [0.05, 0.1) is 22.6 Å². The molecule has 0 aliphatic carbocycles. The minimum Gasteiger partial charge on any atom is -0.374 e. The molecule has 1 saturated heterocycles. The van der Waals surface area contributed by atoms with Crippen LogP contribution in [0.3, 0.4) is 0 Å². The average Bonchev–Trinajstić information content (AvgIpc) is 3.58. The molecule has 1 aromatic heterocycles. The Morgan fingerprint density at radius 1 is 1.21 bits per heavy atom. The first kappa shape index (κ1) is 27.0. The average molecular weight is 548 g/mol. The van der Waals surface area contributed by atoms with Crippen LogP contribution < -0.4 is 11.1 Å². The maximum absolute atomic E-state index is 13.9.